The van der Waals surface area contributed by atoms with E-state index in [1.807, 2.05) is 12.1 Å². The first-order valence-corrected chi connectivity index (χ1v) is 9.53. The number of hydrogen-bond donors (Lipinski definition) is 2. The Bertz CT molecular complexity index is 514. The molecule has 0 radical (unpaired) electrons. The highest BCUT2D eigenvalue weighted by Gasteiger charge is 2.50. The Morgan fingerprint density at radius 1 is 1.00 bits per heavy atom. The van der Waals surface area contributed by atoms with Gasteiger partial charge in [0, 0.05) is 12.1 Å². The molecule has 2 nitrogen and oxygen atoms in total. The van der Waals surface area contributed by atoms with Crippen molar-refractivity contribution in [1.29, 1.82) is 0 Å². The number of nitrogens with one attached hydrogen (secondary N) is 1. The Morgan fingerprint density at radius 3 is 1.95 bits per heavy atom. The van der Waals surface area contributed by atoms with Crippen molar-refractivity contribution in [2.45, 2.75) is 50.6 Å². The molecule has 2 N–H and O–H groups in total. The molecular formula is C17H21Br2NO. The Labute approximate surface area is 143 Å². The van der Waals surface area contributed by atoms with E-state index in [1.54, 1.807) is 0 Å². The van der Waals surface area contributed by atoms with Gasteiger partial charge in [0.1, 0.15) is 5.75 Å². The molecule has 5 rings (SSSR count). The number of hydrogen-bond acceptors (Lipinski definition) is 2. The van der Waals surface area contributed by atoms with Crippen molar-refractivity contribution in [3.63, 3.8) is 0 Å². The average molecular weight is 415 g/mol. The topological polar surface area (TPSA) is 32.3 Å². The number of aromatic hydroxyl groups is 1. The van der Waals surface area contributed by atoms with Crippen LogP contribution < -0.4 is 5.32 Å². The maximum atomic E-state index is 9.81. The van der Waals surface area contributed by atoms with Crippen molar-refractivity contribution in [3.8, 4) is 5.75 Å². The van der Waals surface area contributed by atoms with Crippen LogP contribution >= 0.6 is 31.9 Å². The molecule has 4 saturated carbocycles. The highest BCUT2D eigenvalue weighted by molar-refractivity contribution is 9.11. The van der Waals surface area contributed by atoms with E-state index >= 15 is 0 Å². The van der Waals surface area contributed by atoms with Gasteiger partial charge in [0.25, 0.3) is 0 Å². The van der Waals surface area contributed by atoms with Crippen LogP contribution in [0.3, 0.4) is 0 Å². The van der Waals surface area contributed by atoms with Crippen LogP contribution in [0.15, 0.2) is 21.1 Å². The monoisotopic (exact) mass is 413 g/mol. The van der Waals surface area contributed by atoms with Gasteiger partial charge in [-0.15, -0.1) is 0 Å². The second-order valence-electron chi connectivity index (χ2n) is 7.46. The van der Waals surface area contributed by atoms with Crippen molar-refractivity contribution < 1.29 is 5.11 Å². The van der Waals surface area contributed by atoms with Gasteiger partial charge in [0.15, 0.2) is 0 Å². The van der Waals surface area contributed by atoms with Crippen molar-refractivity contribution in [3.05, 3.63) is 26.6 Å². The number of rotatable bonds is 3. The molecule has 0 unspecified atom stereocenters. The molecular weight excluding hydrogens is 394 g/mol. The molecule has 0 amide bonds. The lowest BCUT2D eigenvalue weighted by Gasteiger charge is -2.57. The van der Waals surface area contributed by atoms with Crippen LogP contribution in [0, 0.1) is 17.8 Å². The molecule has 1 aromatic carbocycles. The van der Waals surface area contributed by atoms with Gasteiger partial charge in [0.2, 0.25) is 0 Å². The molecule has 21 heavy (non-hydrogen) atoms. The zero-order valence-electron chi connectivity index (χ0n) is 12.0. The molecule has 4 aliphatic carbocycles. The summed E-state index contributed by atoms with van der Waals surface area (Å²) in [7, 11) is 0. The summed E-state index contributed by atoms with van der Waals surface area (Å²) in [5.41, 5.74) is 1.62. The van der Waals surface area contributed by atoms with Gasteiger partial charge in [-0.05, 0) is 106 Å². The minimum Gasteiger partial charge on any atom is -0.506 e. The quantitative estimate of drug-likeness (QED) is 0.731. The van der Waals surface area contributed by atoms with E-state index in [9.17, 15) is 5.11 Å². The Kier molecular flexibility index (Phi) is 3.63. The smallest absolute Gasteiger partial charge is 0.143 e. The average Bonchev–Trinajstić information content (AvgIpc) is 2.41. The fourth-order valence-corrected chi connectivity index (χ4v) is 6.62. The summed E-state index contributed by atoms with van der Waals surface area (Å²) >= 11 is 6.85. The molecule has 0 heterocycles. The van der Waals surface area contributed by atoms with Gasteiger partial charge in [-0.1, -0.05) is 0 Å². The normalized spacial score (nSPS) is 37.1. The van der Waals surface area contributed by atoms with Crippen molar-refractivity contribution in [2.75, 3.05) is 0 Å². The van der Waals surface area contributed by atoms with Crippen LogP contribution in [0.2, 0.25) is 0 Å². The number of benzene rings is 1. The van der Waals surface area contributed by atoms with Gasteiger partial charge >= 0.3 is 0 Å². The van der Waals surface area contributed by atoms with Crippen LogP contribution in [0.4, 0.5) is 0 Å². The minimum atomic E-state index is 0.286. The second-order valence-corrected chi connectivity index (χ2v) is 9.17. The molecule has 0 aromatic heterocycles. The minimum absolute atomic E-state index is 0.286. The van der Waals surface area contributed by atoms with Gasteiger partial charge in [-0.3, -0.25) is 0 Å². The van der Waals surface area contributed by atoms with E-state index in [0.717, 1.165) is 33.2 Å². The van der Waals surface area contributed by atoms with Crippen LogP contribution in [0.1, 0.15) is 44.1 Å². The second kappa shape index (κ2) is 5.24. The first kappa shape index (κ1) is 14.5. The molecule has 4 fully saturated rings. The summed E-state index contributed by atoms with van der Waals surface area (Å²) in [5, 5.41) is 13.7. The lowest BCUT2D eigenvalue weighted by molar-refractivity contribution is -0.0206. The van der Waals surface area contributed by atoms with Gasteiger partial charge in [0.05, 0.1) is 8.95 Å². The summed E-state index contributed by atoms with van der Waals surface area (Å²) in [4.78, 5) is 0. The first-order chi connectivity index (χ1) is 10.0. The lowest BCUT2D eigenvalue weighted by atomic mass is 9.53. The van der Waals surface area contributed by atoms with Crippen molar-refractivity contribution >= 4 is 31.9 Å². The third-order valence-corrected chi connectivity index (χ3v) is 6.99. The van der Waals surface area contributed by atoms with Crippen LogP contribution in [-0.2, 0) is 6.54 Å². The Balaban J connectivity index is 1.50. The van der Waals surface area contributed by atoms with Gasteiger partial charge < -0.3 is 10.4 Å². The van der Waals surface area contributed by atoms with E-state index < -0.39 is 0 Å². The van der Waals surface area contributed by atoms with E-state index in [-0.39, 0.29) is 5.75 Å². The Morgan fingerprint density at radius 2 is 1.48 bits per heavy atom. The number of phenols is 1. The maximum Gasteiger partial charge on any atom is 0.143 e. The summed E-state index contributed by atoms with van der Waals surface area (Å²) < 4.78 is 1.53. The molecule has 4 bridgehead atoms. The summed E-state index contributed by atoms with van der Waals surface area (Å²) in [6.45, 7) is 0.892. The van der Waals surface area contributed by atoms with Gasteiger partial charge in [-0.25, -0.2) is 0 Å². The predicted octanol–water partition coefficient (Wildman–Crippen LogP) is 4.98. The molecule has 1 aromatic rings. The molecule has 0 spiro atoms. The van der Waals surface area contributed by atoms with Crippen LogP contribution in [0.5, 0.6) is 5.75 Å². The Hall–Kier alpha value is -0.0600. The fraction of sp³-hybridized carbons (Fsp3) is 0.647. The molecule has 0 saturated heterocycles. The van der Waals surface area contributed by atoms with E-state index in [1.165, 1.54) is 44.1 Å². The third kappa shape index (κ3) is 2.68. The van der Waals surface area contributed by atoms with Crippen LogP contribution in [-0.4, -0.2) is 10.6 Å². The SMILES string of the molecule is Oc1c(Br)cc(CNC23CC4CC(CC(C4)C2)C3)cc1Br. The van der Waals surface area contributed by atoms with E-state index in [0.29, 0.717) is 5.54 Å². The highest BCUT2D eigenvalue weighted by Crippen LogP contribution is 2.55. The lowest BCUT2D eigenvalue weighted by Crippen LogP contribution is -2.58. The third-order valence-electron chi connectivity index (χ3n) is 5.78. The standard InChI is InChI=1S/C17H21Br2NO/c18-14-4-13(5-15(19)16(14)21)9-20-17-6-10-1-11(7-17)3-12(2-10)8-17/h4-5,10-12,20-21H,1-3,6-9H2. The van der Waals surface area contributed by atoms with E-state index in [4.69, 9.17) is 0 Å². The van der Waals surface area contributed by atoms with Crippen molar-refractivity contribution in [2.24, 2.45) is 17.8 Å². The van der Waals surface area contributed by atoms with E-state index in [2.05, 4.69) is 37.2 Å². The predicted molar refractivity (Wildman–Crippen MR) is 91.2 cm³/mol. The number of halogens is 2. The zero-order valence-corrected chi connectivity index (χ0v) is 15.2. The first-order valence-electron chi connectivity index (χ1n) is 7.95. The molecule has 0 aliphatic heterocycles. The maximum absolute atomic E-state index is 9.81. The van der Waals surface area contributed by atoms with Crippen molar-refractivity contribution in [1.82, 2.24) is 5.32 Å². The summed E-state index contributed by atoms with van der Waals surface area (Å²) in [6.07, 6.45) is 8.57. The largest absolute Gasteiger partial charge is 0.506 e. The summed E-state index contributed by atoms with van der Waals surface area (Å²) in [5.74, 6) is 3.21. The highest BCUT2D eigenvalue weighted by atomic mass is 79.9. The van der Waals surface area contributed by atoms with Gasteiger partial charge in [-0.2, -0.15) is 0 Å². The molecule has 114 valence electrons. The zero-order chi connectivity index (χ0) is 14.6. The fourth-order valence-electron chi connectivity index (χ4n) is 5.34. The molecule has 4 aliphatic rings. The van der Waals surface area contributed by atoms with Crippen LogP contribution in [0.25, 0.3) is 0 Å². The molecule has 4 heteroatoms. The molecule has 0 atom stereocenters. The number of phenolic OH excluding ortho intramolecular Hbond substituents is 1. The summed E-state index contributed by atoms with van der Waals surface area (Å²) in [6, 6.07) is 4.04.